The van der Waals surface area contributed by atoms with Crippen molar-refractivity contribution in [2.24, 2.45) is 21.2 Å². The number of benzene rings is 3. The quantitative estimate of drug-likeness (QED) is 0.0506. The first-order valence-electron chi connectivity index (χ1n) is 12.5. The molecule has 0 aliphatic carbocycles. The molecule has 216 valence electrons. The Morgan fingerprint density at radius 3 is 2.23 bits per heavy atom. The third-order valence-electron chi connectivity index (χ3n) is 6.20. The average molecular weight is 587 g/mol. The Balaban J connectivity index is 1.49. The van der Waals surface area contributed by atoms with E-state index in [1.165, 1.54) is 6.07 Å². The molecule has 43 heavy (non-hydrogen) atoms. The molecule has 0 saturated heterocycles. The van der Waals surface area contributed by atoms with Gasteiger partial charge >= 0.3 is 5.92 Å². The second-order valence-corrected chi connectivity index (χ2v) is 9.05. The summed E-state index contributed by atoms with van der Waals surface area (Å²) in [6, 6.07) is 20.0. The molecule has 0 aliphatic heterocycles. The Hall–Kier alpha value is -5.59. The van der Waals surface area contributed by atoms with Gasteiger partial charge in [-0.1, -0.05) is 29.2 Å². The molecule has 1 unspecified atom stereocenters. The van der Waals surface area contributed by atoms with Gasteiger partial charge < -0.3 is 15.7 Å². The summed E-state index contributed by atoms with van der Waals surface area (Å²) in [7, 11) is 0. The van der Waals surface area contributed by atoms with E-state index in [1.54, 1.807) is 36.4 Å². The SMILES string of the molecule is N#Cc1ccc(OCc2ccc(C#Cc3ccc(C(F)(F)C(O)(CN=CN=NN)c4ccc(F)cc4F)nc3)cc2)cc1. The number of aliphatic hydroxyl groups is 1. The topological polar surface area (TPSA) is 129 Å². The third-order valence-corrected chi connectivity index (χ3v) is 6.20. The number of hydrogen-bond acceptors (Lipinski definition) is 6. The van der Waals surface area contributed by atoms with Crippen molar-refractivity contribution < 1.29 is 27.4 Å². The summed E-state index contributed by atoms with van der Waals surface area (Å²) in [6.45, 7) is -0.769. The largest absolute Gasteiger partial charge is 0.489 e. The van der Waals surface area contributed by atoms with Gasteiger partial charge in [-0.05, 0) is 66.2 Å². The van der Waals surface area contributed by atoms with Crippen LogP contribution >= 0.6 is 0 Å². The van der Waals surface area contributed by atoms with E-state index in [4.69, 9.17) is 15.8 Å². The van der Waals surface area contributed by atoms with Crippen molar-refractivity contribution >= 4 is 6.34 Å². The second-order valence-electron chi connectivity index (χ2n) is 9.05. The zero-order chi connectivity index (χ0) is 30.9. The fraction of sp³-hybridized carbons (Fsp3) is 0.129. The van der Waals surface area contributed by atoms with Gasteiger partial charge in [0.25, 0.3) is 0 Å². The molecule has 4 rings (SSSR count). The first-order chi connectivity index (χ1) is 20.7. The van der Waals surface area contributed by atoms with Crippen molar-refractivity contribution in [1.29, 1.82) is 5.26 Å². The van der Waals surface area contributed by atoms with Crippen LogP contribution in [0.25, 0.3) is 0 Å². The molecule has 3 N–H and O–H groups in total. The lowest BCUT2D eigenvalue weighted by Gasteiger charge is -2.34. The Morgan fingerprint density at radius 2 is 1.60 bits per heavy atom. The lowest BCUT2D eigenvalue weighted by Crippen LogP contribution is -2.47. The molecule has 1 atom stereocenters. The smallest absolute Gasteiger partial charge is 0.323 e. The van der Waals surface area contributed by atoms with Gasteiger partial charge in [-0.2, -0.15) is 14.0 Å². The van der Waals surface area contributed by atoms with Crippen LogP contribution in [0.5, 0.6) is 5.75 Å². The molecule has 4 aromatic rings. The fourth-order valence-corrected chi connectivity index (χ4v) is 3.90. The molecule has 0 aliphatic rings. The Kier molecular flexibility index (Phi) is 9.45. The summed E-state index contributed by atoms with van der Waals surface area (Å²) in [5.74, 6) is 4.61. The molecule has 0 spiro atoms. The fourth-order valence-electron chi connectivity index (χ4n) is 3.90. The van der Waals surface area contributed by atoms with Gasteiger partial charge in [0.15, 0.2) is 5.60 Å². The summed E-state index contributed by atoms with van der Waals surface area (Å²) < 4.78 is 65.2. The molecule has 0 radical (unpaired) electrons. The number of alkyl halides is 2. The van der Waals surface area contributed by atoms with E-state index in [9.17, 15) is 13.9 Å². The summed E-state index contributed by atoms with van der Waals surface area (Å²) >= 11 is 0. The van der Waals surface area contributed by atoms with Gasteiger partial charge in [0.1, 0.15) is 36.0 Å². The predicted molar refractivity (Wildman–Crippen MR) is 149 cm³/mol. The number of nitrogens with zero attached hydrogens (tertiary/aromatic N) is 5. The van der Waals surface area contributed by atoms with E-state index in [0.717, 1.165) is 23.9 Å². The van der Waals surface area contributed by atoms with E-state index in [0.29, 0.717) is 47.5 Å². The number of aromatic nitrogens is 1. The first-order valence-corrected chi connectivity index (χ1v) is 12.5. The van der Waals surface area contributed by atoms with Crippen LogP contribution in [0.4, 0.5) is 17.6 Å². The van der Waals surface area contributed by atoms with Crippen molar-refractivity contribution in [2.45, 2.75) is 18.1 Å². The zero-order valence-corrected chi connectivity index (χ0v) is 22.3. The van der Waals surface area contributed by atoms with Crippen molar-refractivity contribution in [2.75, 3.05) is 6.54 Å². The highest BCUT2D eigenvalue weighted by atomic mass is 19.3. The van der Waals surface area contributed by atoms with Crippen LogP contribution in [0.2, 0.25) is 0 Å². The summed E-state index contributed by atoms with van der Waals surface area (Å²) in [6.07, 6.45) is 1.80. The molecule has 1 aromatic heterocycles. The molecule has 8 nitrogen and oxygen atoms in total. The number of nitriles is 1. The maximum atomic E-state index is 15.7. The van der Waals surface area contributed by atoms with Crippen LogP contribution < -0.4 is 10.6 Å². The molecule has 12 heteroatoms. The van der Waals surface area contributed by atoms with Gasteiger partial charge in [-0.15, -0.1) is 5.11 Å². The monoisotopic (exact) mass is 586 g/mol. The Morgan fingerprint density at radius 1 is 0.930 bits per heavy atom. The maximum Gasteiger partial charge on any atom is 0.323 e. The highest BCUT2D eigenvalue weighted by molar-refractivity contribution is 5.54. The second kappa shape index (κ2) is 13.4. The molecule has 0 bridgehead atoms. The van der Waals surface area contributed by atoms with Crippen LogP contribution in [0, 0.1) is 34.8 Å². The molecule has 0 saturated carbocycles. The van der Waals surface area contributed by atoms with Crippen LogP contribution in [-0.4, -0.2) is 23.0 Å². The number of halogens is 4. The number of nitrogens with two attached hydrogens (primary N) is 1. The average Bonchev–Trinajstić information content (AvgIpc) is 3.02. The lowest BCUT2D eigenvalue weighted by molar-refractivity contribution is -0.193. The molecule has 0 amide bonds. The van der Waals surface area contributed by atoms with Gasteiger partial charge in [0.05, 0.1) is 18.2 Å². The lowest BCUT2D eigenvalue weighted by atomic mass is 9.84. The van der Waals surface area contributed by atoms with Crippen molar-refractivity contribution in [3.05, 3.63) is 130 Å². The minimum atomic E-state index is -4.19. The van der Waals surface area contributed by atoms with Gasteiger partial charge in [0, 0.05) is 29.0 Å². The predicted octanol–water partition coefficient (Wildman–Crippen LogP) is 5.54. The molecule has 0 fully saturated rings. The van der Waals surface area contributed by atoms with Crippen LogP contribution in [0.3, 0.4) is 0 Å². The van der Waals surface area contributed by atoms with Crippen LogP contribution in [0.15, 0.2) is 100 Å². The normalized spacial score (nSPS) is 12.8. The van der Waals surface area contributed by atoms with E-state index in [2.05, 4.69) is 32.2 Å². The van der Waals surface area contributed by atoms with Crippen molar-refractivity contribution in [3.8, 4) is 23.7 Å². The number of aliphatic imine (C=N–C) groups is 1. The third kappa shape index (κ3) is 7.19. The number of rotatable bonds is 9. The molecular formula is C31H22F4N6O2. The first kappa shape index (κ1) is 30.4. The van der Waals surface area contributed by atoms with E-state index in [-0.39, 0.29) is 0 Å². The number of ether oxygens (including phenoxy) is 1. The van der Waals surface area contributed by atoms with Gasteiger partial charge in [0.2, 0.25) is 0 Å². The minimum absolute atomic E-state index is 0.297. The van der Waals surface area contributed by atoms with Gasteiger partial charge in [-0.25, -0.2) is 8.78 Å². The zero-order valence-electron chi connectivity index (χ0n) is 22.3. The highest BCUT2D eigenvalue weighted by Crippen LogP contribution is 2.46. The van der Waals surface area contributed by atoms with E-state index >= 15 is 8.78 Å². The number of hydrogen-bond donors (Lipinski definition) is 2. The van der Waals surface area contributed by atoms with Gasteiger partial charge in [-0.3, -0.25) is 9.98 Å². The van der Waals surface area contributed by atoms with Crippen molar-refractivity contribution in [1.82, 2.24) is 4.98 Å². The summed E-state index contributed by atoms with van der Waals surface area (Å²) in [4.78, 5) is 7.33. The standard InChI is InChI=1S/C31H22F4N6O2/c32-25-10-13-27(28(33)15-25)30(42,19-38-20-40-41-37)31(34,35)29-14-9-23(17-39-29)4-1-21-2-5-24(6-3-21)18-43-26-11-7-22(16-36)8-12-26/h2-3,5-15,17,20,42H,18-19H2,(H2,37,38,40). The highest BCUT2D eigenvalue weighted by Gasteiger charge is 2.57. The van der Waals surface area contributed by atoms with E-state index < -0.39 is 41.0 Å². The summed E-state index contributed by atoms with van der Waals surface area (Å²) in [5.41, 5.74) is -2.70. The van der Waals surface area contributed by atoms with E-state index in [1.807, 2.05) is 18.2 Å². The van der Waals surface area contributed by atoms with Crippen LogP contribution in [0.1, 0.15) is 33.5 Å². The summed E-state index contributed by atoms with van der Waals surface area (Å²) in [5, 5.41) is 26.1. The molecular weight excluding hydrogens is 564 g/mol. The Bertz CT molecular complexity index is 1730. The minimum Gasteiger partial charge on any atom is -0.489 e. The molecule has 1 heterocycles. The maximum absolute atomic E-state index is 15.7. The molecule has 3 aromatic carbocycles. The van der Waals surface area contributed by atoms with Crippen molar-refractivity contribution in [3.63, 3.8) is 0 Å². The Labute approximate surface area is 243 Å². The number of pyridine rings is 1. The van der Waals surface area contributed by atoms with Crippen LogP contribution in [-0.2, 0) is 18.1 Å².